The molecule has 0 radical (unpaired) electrons. The molecule has 3 atom stereocenters. The molecule has 1 aromatic carbocycles. The first-order chi connectivity index (χ1) is 17.4. The maximum Gasteiger partial charge on any atom is 0.129 e. The topological polar surface area (TPSA) is 66.9 Å². The Morgan fingerprint density at radius 1 is 1.17 bits per heavy atom. The predicted octanol–water partition coefficient (Wildman–Crippen LogP) is 6.15. The van der Waals surface area contributed by atoms with Gasteiger partial charge in [-0.15, -0.1) is 0 Å². The summed E-state index contributed by atoms with van der Waals surface area (Å²) in [7, 11) is 0. The van der Waals surface area contributed by atoms with Gasteiger partial charge >= 0.3 is 0 Å². The Kier molecular flexibility index (Phi) is 9.41. The molecule has 3 heterocycles. The van der Waals surface area contributed by atoms with Crippen molar-refractivity contribution in [3.8, 4) is 0 Å². The molecule has 2 aliphatic heterocycles. The van der Waals surface area contributed by atoms with Crippen molar-refractivity contribution in [1.82, 2.24) is 9.88 Å². The fourth-order valence-corrected chi connectivity index (χ4v) is 5.49. The SMILES string of the molecule is C=C(O)C(c1ccccc1[C@H](C)OC(C)C)N1CC[C@@H](OCCCCc2ccc3c(n2)NCCC3)C1. The number of pyridine rings is 1. The summed E-state index contributed by atoms with van der Waals surface area (Å²) >= 11 is 0. The molecule has 2 N–H and O–H groups in total. The number of unbranched alkanes of at least 4 members (excludes halogenated alkanes) is 1. The molecule has 36 heavy (non-hydrogen) atoms. The van der Waals surface area contributed by atoms with Crippen LogP contribution in [-0.4, -0.2) is 53.4 Å². The number of rotatable bonds is 12. The lowest BCUT2D eigenvalue weighted by molar-refractivity contribution is 0.0164. The highest BCUT2D eigenvalue weighted by Crippen LogP contribution is 2.35. The Morgan fingerprint density at radius 3 is 2.75 bits per heavy atom. The van der Waals surface area contributed by atoms with Crippen LogP contribution in [0.25, 0.3) is 0 Å². The largest absolute Gasteiger partial charge is 0.511 e. The third kappa shape index (κ3) is 6.87. The van der Waals surface area contributed by atoms with E-state index in [0.29, 0.717) is 0 Å². The van der Waals surface area contributed by atoms with Gasteiger partial charge in [0.25, 0.3) is 0 Å². The Morgan fingerprint density at radius 2 is 1.97 bits per heavy atom. The highest BCUT2D eigenvalue weighted by atomic mass is 16.5. The Labute approximate surface area is 216 Å². The lowest BCUT2D eigenvalue weighted by Gasteiger charge is -2.30. The number of nitrogens with zero attached hydrogens (tertiary/aromatic N) is 2. The maximum absolute atomic E-state index is 10.6. The molecule has 1 fully saturated rings. The van der Waals surface area contributed by atoms with Crippen molar-refractivity contribution in [3.05, 3.63) is 71.1 Å². The molecule has 1 aromatic heterocycles. The number of aliphatic hydroxyl groups is 1. The van der Waals surface area contributed by atoms with E-state index in [1.807, 2.05) is 26.0 Å². The van der Waals surface area contributed by atoms with E-state index < -0.39 is 0 Å². The summed E-state index contributed by atoms with van der Waals surface area (Å²) < 4.78 is 12.3. The molecule has 6 heteroatoms. The van der Waals surface area contributed by atoms with E-state index in [9.17, 15) is 5.11 Å². The molecule has 4 rings (SSSR count). The van der Waals surface area contributed by atoms with Crippen molar-refractivity contribution in [1.29, 1.82) is 0 Å². The number of ether oxygens (including phenoxy) is 2. The van der Waals surface area contributed by atoms with Crippen LogP contribution in [0.3, 0.4) is 0 Å². The summed E-state index contributed by atoms with van der Waals surface area (Å²) in [5.74, 6) is 1.25. The van der Waals surface area contributed by atoms with Crippen molar-refractivity contribution in [2.75, 3.05) is 31.6 Å². The van der Waals surface area contributed by atoms with Gasteiger partial charge in [-0.1, -0.05) is 36.9 Å². The lowest BCUT2D eigenvalue weighted by Crippen LogP contribution is -2.30. The first kappa shape index (κ1) is 26.6. The van der Waals surface area contributed by atoms with Gasteiger partial charge in [-0.3, -0.25) is 4.90 Å². The number of aryl methyl sites for hydroxylation is 2. The summed E-state index contributed by atoms with van der Waals surface area (Å²) in [6.45, 7) is 13.5. The second-order valence-corrected chi connectivity index (χ2v) is 10.4. The van der Waals surface area contributed by atoms with Crippen molar-refractivity contribution < 1.29 is 14.6 Å². The fourth-order valence-electron chi connectivity index (χ4n) is 5.49. The van der Waals surface area contributed by atoms with E-state index in [4.69, 9.17) is 14.5 Å². The second kappa shape index (κ2) is 12.7. The molecule has 0 aliphatic carbocycles. The molecule has 0 bridgehead atoms. The number of nitrogens with one attached hydrogen (secondary N) is 1. The minimum atomic E-state index is -0.253. The molecule has 1 unspecified atom stereocenters. The van der Waals surface area contributed by atoms with Gasteiger partial charge in [0.15, 0.2) is 0 Å². The normalized spacial score (nSPS) is 19.6. The zero-order valence-electron chi connectivity index (χ0n) is 22.2. The van der Waals surface area contributed by atoms with E-state index in [2.05, 4.69) is 48.0 Å². The van der Waals surface area contributed by atoms with Crippen molar-refractivity contribution in [2.45, 2.75) is 83.6 Å². The smallest absolute Gasteiger partial charge is 0.129 e. The molecule has 1 saturated heterocycles. The number of aromatic nitrogens is 1. The number of fused-ring (bicyclic) bond motifs is 1. The van der Waals surface area contributed by atoms with Crippen LogP contribution in [0.15, 0.2) is 48.7 Å². The predicted molar refractivity (Wildman–Crippen MR) is 146 cm³/mol. The summed E-state index contributed by atoms with van der Waals surface area (Å²) in [6.07, 6.45) is 6.60. The first-order valence-electron chi connectivity index (χ1n) is 13.6. The highest BCUT2D eigenvalue weighted by Gasteiger charge is 2.33. The molecule has 0 spiro atoms. The van der Waals surface area contributed by atoms with Gasteiger partial charge in [-0.2, -0.15) is 0 Å². The monoisotopic (exact) mass is 493 g/mol. The summed E-state index contributed by atoms with van der Waals surface area (Å²) in [4.78, 5) is 7.09. The van der Waals surface area contributed by atoms with Gasteiger partial charge < -0.3 is 19.9 Å². The van der Waals surface area contributed by atoms with E-state index in [1.54, 1.807) is 0 Å². The van der Waals surface area contributed by atoms with Crippen LogP contribution >= 0.6 is 0 Å². The van der Waals surface area contributed by atoms with Gasteiger partial charge in [0.1, 0.15) is 11.6 Å². The van der Waals surface area contributed by atoms with Gasteiger partial charge in [-0.05, 0) is 82.1 Å². The van der Waals surface area contributed by atoms with Crippen LogP contribution in [0.2, 0.25) is 0 Å². The van der Waals surface area contributed by atoms with Crippen LogP contribution in [0.5, 0.6) is 0 Å². The van der Waals surface area contributed by atoms with Gasteiger partial charge in [-0.25, -0.2) is 4.98 Å². The Hall–Kier alpha value is -2.41. The molecular formula is C30H43N3O3. The highest BCUT2D eigenvalue weighted by molar-refractivity contribution is 5.47. The van der Waals surface area contributed by atoms with Crippen molar-refractivity contribution in [2.24, 2.45) is 0 Å². The first-order valence-corrected chi connectivity index (χ1v) is 13.6. The molecule has 2 aromatic rings. The maximum atomic E-state index is 10.6. The lowest BCUT2D eigenvalue weighted by atomic mass is 9.95. The van der Waals surface area contributed by atoms with E-state index in [1.165, 1.54) is 12.0 Å². The summed E-state index contributed by atoms with van der Waals surface area (Å²) in [5.41, 5.74) is 4.66. The Balaban J connectivity index is 1.26. The van der Waals surface area contributed by atoms with E-state index in [0.717, 1.165) is 81.0 Å². The van der Waals surface area contributed by atoms with Crippen molar-refractivity contribution >= 4 is 5.82 Å². The minimum Gasteiger partial charge on any atom is -0.511 e. The number of hydrogen-bond donors (Lipinski definition) is 2. The number of likely N-dealkylation sites (tertiary alicyclic amines) is 1. The van der Waals surface area contributed by atoms with Gasteiger partial charge in [0.2, 0.25) is 0 Å². The minimum absolute atomic E-state index is 0.0573. The summed E-state index contributed by atoms with van der Waals surface area (Å²) in [5, 5.41) is 14.0. The number of aliphatic hydroxyl groups excluding tert-OH is 1. The van der Waals surface area contributed by atoms with E-state index in [-0.39, 0.29) is 30.1 Å². The quantitative estimate of drug-likeness (QED) is 0.273. The van der Waals surface area contributed by atoms with Crippen LogP contribution in [0.1, 0.15) is 81.0 Å². The standard InChI is InChI=1S/C30H43N3O3/c1-21(2)36-23(4)27-12-5-6-13-28(27)29(22(3)34)33-18-16-26(20-33)35-19-8-7-11-25-15-14-24-10-9-17-31-30(24)32-25/h5-6,12-15,21,23,26,29,34H,3,7-11,16-20H2,1-2,4H3,(H,31,32)/t23-,26+,29?/m0/s1. The number of hydrogen-bond acceptors (Lipinski definition) is 6. The Bertz CT molecular complexity index is 1010. The molecule has 0 amide bonds. The van der Waals surface area contributed by atoms with Crippen LogP contribution < -0.4 is 5.32 Å². The van der Waals surface area contributed by atoms with Gasteiger partial charge in [0.05, 0.1) is 24.4 Å². The molecule has 196 valence electrons. The average Bonchev–Trinajstić information content (AvgIpc) is 3.31. The van der Waals surface area contributed by atoms with Crippen molar-refractivity contribution in [3.63, 3.8) is 0 Å². The average molecular weight is 494 g/mol. The molecule has 2 aliphatic rings. The van der Waals surface area contributed by atoms with Crippen LogP contribution in [-0.2, 0) is 22.3 Å². The fraction of sp³-hybridized carbons (Fsp3) is 0.567. The zero-order chi connectivity index (χ0) is 25.5. The molecule has 6 nitrogen and oxygen atoms in total. The molecule has 0 saturated carbocycles. The van der Waals surface area contributed by atoms with E-state index >= 15 is 0 Å². The number of anilines is 1. The summed E-state index contributed by atoms with van der Waals surface area (Å²) in [6, 6.07) is 12.4. The molecular weight excluding hydrogens is 450 g/mol. The number of benzene rings is 1. The second-order valence-electron chi connectivity index (χ2n) is 10.4. The zero-order valence-corrected chi connectivity index (χ0v) is 22.2. The van der Waals surface area contributed by atoms with Crippen LogP contribution in [0.4, 0.5) is 5.82 Å². The third-order valence-corrected chi connectivity index (χ3v) is 7.19. The third-order valence-electron chi connectivity index (χ3n) is 7.19. The van der Waals surface area contributed by atoms with Crippen LogP contribution in [0, 0.1) is 0 Å². The van der Waals surface area contributed by atoms with Gasteiger partial charge in [0, 0.05) is 31.9 Å².